The molecule has 2 heterocycles. The van der Waals surface area contributed by atoms with Crippen LogP contribution >= 0.6 is 11.5 Å². The number of rotatable bonds is 6. The molecule has 0 saturated carbocycles. The quantitative estimate of drug-likeness (QED) is 0.799. The Labute approximate surface area is 103 Å². The summed E-state index contributed by atoms with van der Waals surface area (Å²) in [5.74, 6) is 0.717. The first-order valence-corrected chi connectivity index (χ1v) is 6.36. The first-order chi connectivity index (χ1) is 8.29. The molecule has 0 saturated heterocycles. The molecule has 0 fully saturated rings. The van der Waals surface area contributed by atoms with E-state index < -0.39 is 0 Å². The molecule has 1 atom stereocenters. The van der Waals surface area contributed by atoms with Gasteiger partial charge in [-0.1, -0.05) is 11.4 Å². The summed E-state index contributed by atoms with van der Waals surface area (Å²) in [6, 6.07) is 0.109. The van der Waals surface area contributed by atoms with Gasteiger partial charge in [0.1, 0.15) is 0 Å². The number of nitrogens with zero attached hydrogens (tertiary/aromatic N) is 6. The Bertz CT molecular complexity index is 438. The van der Waals surface area contributed by atoms with E-state index >= 15 is 0 Å². The van der Waals surface area contributed by atoms with Gasteiger partial charge in [-0.2, -0.15) is 4.80 Å². The van der Waals surface area contributed by atoms with Crippen LogP contribution in [0.4, 0.5) is 0 Å². The standard InChI is InChI=1S/C9H15N7S/c1-3-4-10-7(8-6-17-15-11-8)5-9-12-14-16(2)13-9/h6-7,10H,3-5H2,1-2H3. The molecule has 0 radical (unpaired) electrons. The Kier molecular flexibility index (Phi) is 4.10. The van der Waals surface area contributed by atoms with E-state index in [1.807, 2.05) is 5.38 Å². The minimum absolute atomic E-state index is 0.109. The van der Waals surface area contributed by atoms with E-state index in [-0.39, 0.29) is 6.04 Å². The minimum atomic E-state index is 0.109. The predicted molar refractivity (Wildman–Crippen MR) is 63.4 cm³/mol. The molecule has 0 aliphatic rings. The lowest BCUT2D eigenvalue weighted by atomic mass is 10.1. The largest absolute Gasteiger partial charge is 0.308 e. The number of aryl methyl sites for hydroxylation is 1. The summed E-state index contributed by atoms with van der Waals surface area (Å²) in [5, 5.41) is 21.5. The van der Waals surface area contributed by atoms with Crippen LogP contribution in [0.15, 0.2) is 5.38 Å². The average molecular weight is 253 g/mol. The average Bonchev–Trinajstić information content (AvgIpc) is 2.95. The molecular formula is C9H15N7S. The van der Waals surface area contributed by atoms with Crippen molar-refractivity contribution in [3.05, 3.63) is 16.9 Å². The molecule has 7 nitrogen and oxygen atoms in total. The van der Waals surface area contributed by atoms with E-state index in [0.717, 1.165) is 18.7 Å². The highest BCUT2D eigenvalue weighted by molar-refractivity contribution is 7.03. The number of aromatic nitrogens is 6. The van der Waals surface area contributed by atoms with Crippen molar-refractivity contribution in [2.45, 2.75) is 25.8 Å². The smallest absolute Gasteiger partial charge is 0.176 e. The fraction of sp³-hybridized carbons (Fsp3) is 0.667. The maximum atomic E-state index is 4.18. The molecule has 8 heteroatoms. The third kappa shape index (κ3) is 3.27. The van der Waals surface area contributed by atoms with E-state index in [2.05, 4.69) is 37.2 Å². The highest BCUT2D eigenvalue weighted by Gasteiger charge is 2.16. The van der Waals surface area contributed by atoms with Crippen LogP contribution in [-0.4, -0.2) is 36.3 Å². The predicted octanol–water partition coefficient (Wildman–Crippen LogP) is 0.345. The molecule has 0 aliphatic carbocycles. The van der Waals surface area contributed by atoms with Crippen LogP contribution < -0.4 is 5.32 Å². The second kappa shape index (κ2) is 5.78. The number of nitrogens with one attached hydrogen (secondary N) is 1. The molecule has 92 valence electrons. The topological polar surface area (TPSA) is 81.4 Å². The third-order valence-electron chi connectivity index (χ3n) is 2.31. The summed E-state index contributed by atoms with van der Waals surface area (Å²) < 4.78 is 3.89. The zero-order valence-corrected chi connectivity index (χ0v) is 10.7. The van der Waals surface area contributed by atoms with Crippen molar-refractivity contribution >= 4 is 11.5 Å². The monoisotopic (exact) mass is 253 g/mol. The van der Waals surface area contributed by atoms with Gasteiger partial charge in [-0.3, -0.25) is 0 Å². The van der Waals surface area contributed by atoms with E-state index in [1.54, 1.807) is 7.05 Å². The van der Waals surface area contributed by atoms with E-state index in [4.69, 9.17) is 0 Å². The van der Waals surface area contributed by atoms with Gasteiger partial charge in [-0.25, -0.2) is 0 Å². The number of hydrogen-bond acceptors (Lipinski definition) is 7. The van der Waals surface area contributed by atoms with E-state index in [9.17, 15) is 0 Å². The van der Waals surface area contributed by atoms with Crippen LogP contribution in [0.25, 0.3) is 0 Å². The Balaban J connectivity index is 2.05. The highest BCUT2D eigenvalue weighted by atomic mass is 32.1. The van der Waals surface area contributed by atoms with Gasteiger partial charge in [0.25, 0.3) is 0 Å². The van der Waals surface area contributed by atoms with Crippen molar-refractivity contribution in [1.29, 1.82) is 0 Å². The minimum Gasteiger partial charge on any atom is -0.308 e. The Morgan fingerprint density at radius 1 is 1.47 bits per heavy atom. The molecule has 2 aromatic rings. The van der Waals surface area contributed by atoms with Gasteiger partial charge in [0, 0.05) is 11.8 Å². The normalized spacial score (nSPS) is 12.8. The second-order valence-electron chi connectivity index (χ2n) is 3.74. The lowest BCUT2D eigenvalue weighted by Crippen LogP contribution is -2.25. The fourth-order valence-corrected chi connectivity index (χ4v) is 2.02. The molecule has 0 spiro atoms. The van der Waals surface area contributed by atoms with Crippen molar-refractivity contribution < 1.29 is 0 Å². The number of tetrazole rings is 1. The molecule has 0 amide bonds. The Hall–Kier alpha value is -1.41. The van der Waals surface area contributed by atoms with Crippen LogP contribution in [-0.2, 0) is 13.5 Å². The first-order valence-electron chi connectivity index (χ1n) is 5.52. The Morgan fingerprint density at radius 2 is 2.35 bits per heavy atom. The zero-order chi connectivity index (χ0) is 12.1. The SMILES string of the molecule is CCCNC(Cc1nnn(C)n1)c1csnn1. The van der Waals surface area contributed by atoms with Gasteiger partial charge in [-0.05, 0) is 29.7 Å². The van der Waals surface area contributed by atoms with Gasteiger partial charge in [0.15, 0.2) is 5.82 Å². The molecule has 0 bridgehead atoms. The molecule has 0 aromatic carbocycles. The number of hydrogen-bond donors (Lipinski definition) is 1. The van der Waals surface area contributed by atoms with E-state index in [1.165, 1.54) is 16.3 Å². The van der Waals surface area contributed by atoms with Crippen molar-refractivity contribution in [3.8, 4) is 0 Å². The molecule has 2 aromatic heterocycles. The molecule has 2 rings (SSSR count). The van der Waals surface area contributed by atoms with E-state index in [0.29, 0.717) is 12.2 Å². The first kappa shape index (κ1) is 12.1. The van der Waals surface area contributed by atoms with Crippen LogP contribution in [0.1, 0.15) is 30.9 Å². The second-order valence-corrected chi connectivity index (χ2v) is 4.35. The lowest BCUT2D eigenvalue weighted by Gasteiger charge is -2.13. The Morgan fingerprint density at radius 3 is 2.94 bits per heavy atom. The van der Waals surface area contributed by atoms with Gasteiger partial charge in [0.2, 0.25) is 0 Å². The molecule has 0 aliphatic heterocycles. The van der Waals surface area contributed by atoms with Crippen molar-refractivity contribution in [2.24, 2.45) is 7.05 Å². The summed E-state index contributed by atoms with van der Waals surface area (Å²) in [4.78, 5) is 1.46. The van der Waals surface area contributed by atoms with Crippen LogP contribution in [0.2, 0.25) is 0 Å². The lowest BCUT2D eigenvalue weighted by molar-refractivity contribution is 0.505. The van der Waals surface area contributed by atoms with Crippen LogP contribution in [0, 0.1) is 0 Å². The summed E-state index contributed by atoms with van der Waals surface area (Å²) >= 11 is 1.35. The highest BCUT2D eigenvalue weighted by Crippen LogP contribution is 2.15. The van der Waals surface area contributed by atoms with Crippen LogP contribution in [0.3, 0.4) is 0 Å². The third-order valence-corrected chi connectivity index (χ3v) is 2.83. The van der Waals surface area contributed by atoms with Gasteiger partial charge < -0.3 is 5.32 Å². The fourth-order valence-electron chi connectivity index (χ4n) is 1.51. The maximum absolute atomic E-state index is 4.18. The summed E-state index contributed by atoms with van der Waals surface area (Å²) in [6.45, 7) is 3.06. The molecular weight excluding hydrogens is 238 g/mol. The molecule has 1 N–H and O–H groups in total. The van der Waals surface area contributed by atoms with Crippen LogP contribution in [0.5, 0.6) is 0 Å². The summed E-state index contributed by atoms with van der Waals surface area (Å²) in [5.41, 5.74) is 0.941. The summed E-state index contributed by atoms with van der Waals surface area (Å²) in [6.07, 6.45) is 1.75. The molecule has 17 heavy (non-hydrogen) atoms. The summed E-state index contributed by atoms with van der Waals surface area (Å²) in [7, 11) is 1.76. The van der Waals surface area contributed by atoms with Crippen molar-refractivity contribution in [1.82, 2.24) is 35.1 Å². The van der Waals surface area contributed by atoms with Gasteiger partial charge in [-0.15, -0.1) is 15.3 Å². The molecule has 1 unspecified atom stereocenters. The van der Waals surface area contributed by atoms with Gasteiger partial charge >= 0.3 is 0 Å². The maximum Gasteiger partial charge on any atom is 0.176 e. The van der Waals surface area contributed by atoms with Crippen molar-refractivity contribution in [3.63, 3.8) is 0 Å². The van der Waals surface area contributed by atoms with Gasteiger partial charge in [0.05, 0.1) is 18.8 Å². The zero-order valence-electron chi connectivity index (χ0n) is 9.87. The van der Waals surface area contributed by atoms with Crippen molar-refractivity contribution in [2.75, 3.05) is 6.54 Å².